The highest BCUT2D eigenvalue weighted by Gasteiger charge is 2.51. The zero-order chi connectivity index (χ0) is 53.5. The third kappa shape index (κ3) is 22.4. The van der Waals surface area contributed by atoms with Gasteiger partial charge in [0.15, 0.2) is 0 Å². The monoisotopic (exact) mass is 1020 g/mol. The van der Waals surface area contributed by atoms with E-state index in [0.29, 0.717) is 50.0 Å². The summed E-state index contributed by atoms with van der Waals surface area (Å²) in [6, 6.07) is 3.88. The minimum absolute atomic E-state index is 0.00668. The number of alkyl carbamates (subject to hydrolysis) is 1. The first-order valence-corrected chi connectivity index (χ1v) is 25.9. The van der Waals surface area contributed by atoms with Crippen molar-refractivity contribution in [1.29, 1.82) is 0 Å². The highest BCUT2D eigenvalue weighted by Crippen LogP contribution is 2.43. The van der Waals surface area contributed by atoms with Gasteiger partial charge in [-0.1, -0.05) is 89.0 Å². The Morgan fingerprint density at radius 1 is 0.904 bits per heavy atom. The zero-order valence-electron chi connectivity index (χ0n) is 43.8. The molecule has 10 N–H and O–H groups in total. The van der Waals surface area contributed by atoms with Crippen molar-refractivity contribution in [2.24, 2.45) is 17.6 Å². The number of allylic oxidation sites excluding steroid dienone is 2. The summed E-state index contributed by atoms with van der Waals surface area (Å²) in [4.78, 5) is 88.6. The van der Waals surface area contributed by atoms with Crippen molar-refractivity contribution in [2.45, 2.75) is 186 Å². The summed E-state index contributed by atoms with van der Waals surface area (Å²) >= 11 is 0. The number of unbranched alkanes of at least 4 members (excludes halogenated alkanes) is 3. The van der Waals surface area contributed by atoms with Crippen LogP contribution in [0, 0.1) is 11.8 Å². The molecule has 3 saturated heterocycles. The van der Waals surface area contributed by atoms with Crippen LogP contribution in [0.5, 0.6) is 0 Å². The smallest absolute Gasteiger partial charge is 0.408 e. The molecule has 4 rings (SSSR count). The van der Waals surface area contributed by atoms with Crippen LogP contribution in [0.25, 0.3) is 0 Å². The van der Waals surface area contributed by atoms with E-state index in [4.69, 9.17) is 24.7 Å². The molecule has 73 heavy (non-hydrogen) atoms. The fourth-order valence-electron chi connectivity index (χ4n) is 8.73. The largest absolute Gasteiger partial charge is 0.445 e. The molecule has 0 aliphatic carbocycles. The van der Waals surface area contributed by atoms with Gasteiger partial charge in [-0.05, 0) is 82.4 Å². The Morgan fingerprint density at radius 2 is 1.64 bits per heavy atom. The van der Waals surface area contributed by atoms with E-state index >= 15 is 0 Å². The fraction of sp³-hybridized carbons (Fsp3) is 0.642. The SMILES string of the molecule is CCCCCCC(=O)N[C@H](C(=O)N[C@@H](CCCNC(N)=O)C(=O)Nc1ccc(COC(=O)NCNC(=O)C[C@@H]2C[C@@]3(CO3)C[C@@H](/C=C/C(C)=C/C[C@@H]3O[C@H](C)[C@H](NC(=O)/C=C\C(C)O)C[C@@H]3C)O2)cc1)C(C)C. The molecule has 10 atom stereocenters. The number of hydrogen-bond donors (Lipinski definition) is 9. The first kappa shape index (κ1) is 59.7. The van der Waals surface area contributed by atoms with Crippen LogP contribution < -0.4 is 43.0 Å². The highest BCUT2D eigenvalue weighted by molar-refractivity contribution is 5.98. The standard InChI is InChI=1S/C53H82N8O12/c1-8-9-10-11-14-45(63)61-48(33(2)3)50(67)60-42(13-12-25-55-51(54)68)49(66)58-39-20-18-38(19-21-39)30-70-52(69)57-32-56-47(65)27-41-29-53(31-71-53)28-40(73-41)22-15-34(4)16-23-44-35(5)26-43(37(7)72-44)59-46(64)24-17-36(6)62/h15-22,24,33,35-37,40-44,48,62H,8-14,23,25-32H2,1-7H3,(H,56,65)(H,57,69)(H,58,66)(H,59,64)(H,60,67)(H,61,63)(H3,54,55,68)/b22-15+,24-17-,34-16+/t35-,36?,37+,40+,41+,42-,43+,44-,48-,53+/m0/s1. The van der Waals surface area contributed by atoms with Gasteiger partial charge in [-0.3, -0.25) is 24.0 Å². The van der Waals surface area contributed by atoms with Crippen LogP contribution >= 0.6 is 0 Å². The molecular formula is C53H82N8O12. The molecule has 8 amide bonds. The first-order chi connectivity index (χ1) is 34.7. The minimum Gasteiger partial charge on any atom is -0.445 e. The quantitative estimate of drug-likeness (QED) is 0.0180. The molecule has 3 heterocycles. The van der Waals surface area contributed by atoms with Gasteiger partial charge >= 0.3 is 12.1 Å². The average Bonchev–Trinajstić information content (AvgIpc) is 4.08. The minimum atomic E-state index is -0.998. The lowest BCUT2D eigenvalue weighted by Crippen LogP contribution is -2.54. The van der Waals surface area contributed by atoms with Crippen molar-refractivity contribution in [1.82, 2.24) is 31.9 Å². The van der Waals surface area contributed by atoms with E-state index < -0.39 is 42.1 Å². The number of ether oxygens (including phenoxy) is 4. The maximum absolute atomic E-state index is 13.5. The molecule has 0 aromatic heterocycles. The zero-order valence-corrected chi connectivity index (χ0v) is 43.8. The molecule has 0 radical (unpaired) electrons. The van der Waals surface area contributed by atoms with Crippen molar-refractivity contribution in [3.05, 3.63) is 65.8 Å². The maximum Gasteiger partial charge on any atom is 0.408 e. The van der Waals surface area contributed by atoms with E-state index in [0.717, 1.165) is 37.7 Å². The number of nitrogens with one attached hydrogen (secondary N) is 7. The first-order valence-electron chi connectivity index (χ1n) is 25.9. The third-order valence-electron chi connectivity index (χ3n) is 13.1. The van der Waals surface area contributed by atoms with E-state index in [1.165, 1.54) is 12.2 Å². The summed E-state index contributed by atoms with van der Waals surface area (Å²) < 4.78 is 23.8. The summed E-state index contributed by atoms with van der Waals surface area (Å²) in [5.74, 6) is -1.83. The molecule has 0 bridgehead atoms. The average molecular weight is 1020 g/mol. The number of carbonyl (C=O) groups is 7. The summed E-state index contributed by atoms with van der Waals surface area (Å²) in [6.07, 6.45) is 14.0. The summed E-state index contributed by atoms with van der Waals surface area (Å²) in [5.41, 5.74) is 6.95. The van der Waals surface area contributed by atoms with Crippen molar-refractivity contribution < 1.29 is 57.6 Å². The van der Waals surface area contributed by atoms with Gasteiger partial charge in [-0.25, -0.2) is 9.59 Å². The normalized spacial score (nSPS) is 24.0. The van der Waals surface area contributed by atoms with Crippen molar-refractivity contribution in [3.63, 3.8) is 0 Å². The number of hydrogen-bond acceptors (Lipinski definition) is 12. The lowest BCUT2D eigenvalue weighted by atomic mass is 9.88. The van der Waals surface area contributed by atoms with Gasteiger partial charge in [0.05, 0.1) is 61.9 Å². The van der Waals surface area contributed by atoms with Crippen LogP contribution in [0.1, 0.15) is 131 Å². The maximum atomic E-state index is 13.5. The molecule has 20 nitrogen and oxygen atoms in total. The number of nitrogens with two attached hydrogens (primary N) is 1. The van der Waals surface area contributed by atoms with Gasteiger partial charge in [-0.2, -0.15) is 0 Å². The van der Waals surface area contributed by atoms with Gasteiger partial charge in [0.2, 0.25) is 29.5 Å². The topological polar surface area (TPSA) is 290 Å². The third-order valence-corrected chi connectivity index (χ3v) is 13.1. The Labute approximate surface area is 430 Å². The van der Waals surface area contributed by atoms with E-state index in [1.54, 1.807) is 31.2 Å². The van der Waals surface area contributed by atoms with Crippen LogP contribution in [0.3, 0.4) is 0 Å². The molecule has 3 aliphatic heterocycles. The van der Waals surface area contributed by atoms with E-state index in [-0.39, 0.29) is 98.3 Å². The van der Waals surface area contributed by atoms with Gasteiger partial charge in [0.25, 0.3) is 0 Å². The Balaban J connectivity index is 1.18. The molecule has 1 spiro atoms. The van der Waals surface area contributed by atoms with Crippen molar-refractivity contribution in [3.8, 4) is 0 Å². The number of carbonyl (C=O) groups excluding carboxylic acids is 7. The number of amides is 8. The second-order valence-corrected chi connectivity index (χ2v) is 20.0. The van der Waals surface area contributed by atoms with Gasteiger partial charge in [0, 0.05) is 37.6 Å². The van der Waals surface area contributed by atoms with Crippen LogP contribution in [-0.4, -0.2) is 121 Å². The highest BCUT2D eigenvalue weighted by atomic mass is 16.6. The Kier molecular flexibility index (Phi) is 24.9. The lowest BCUT2D eigenvalue weighted by molar-refractivity contribution is -0.132. The van der Waals surface area contributed by atoms with E-state index in [2.05, 4.69) is 57.1 Å². The van der Waals surface area contributed by atoms with Crippen molar-refractivity contribution in [2.75, 3.05) is 25.1 Å². The Hall–Kier alpha value is -5.83. The van der Waals surface area contributed by atoms with Gasteiger partial charge in [0.1, 0.15) is 18.7 Å². The number of aliphatic hydroxyl groups is 1. The molecule has 20 heteroatoms. The number of urea groups is 1. The fourth-order valence-corrected chi connectivity index (χ4v) is 8.73. The van der Waals surface area contributed by atoms with Crippen LogP contribution in [0.2, 0.25) is 0 Å². The van der Waals surface area contributed by atoms with Crippen LogP contribution in [0.4, 0.5) is 15.3 Å². The summed E-state index contributed by atoms with van der Waals surface area (Å²) in [6.45, 7) is 13.9. The van der Waals surface area contributed by atoms with Gasteiger partial charge in [-0.15, -0.1) is 0 Å². The summed E-state index contributed by atoms with van der Waals surface area (Å²) in [5, 5.41) is 28.5. The number of aliphatic hydroxyl groups excluding tert-OH is 1. The van der Waals surface area contributed by atoms with E-state index in [1.807, 2.05) is 39.8 Å². The number of anilines is 1. The van der Waals surface area contributed by atoms with Crippen molar-refractivity contribution >= 4 is 47.3 Å². The van der Waals surface area contributed by atoms with Gasteiger partial charge < -0.3 is 67.0 Å². The molecular weight excluding hydrogens is 941 g/mol. The van der Waals surface area contributed by atoms with Crippen LogP contribution in [-0.2, 0) is 49.5 Å². The second-order valence-electron chi connectivity index (χ2n) is 20.0. The number of benzene rings is 1. The number of primary amides is 1. The predicted octanol–water partition coefficient (Wildman–Crippen LogP) is 4.80. The van der Waals surface area contributed by atoms with Crippen LogP contribution in [0.15, 0.2) is 60.2 Å². The second kappa shape index (κ2) is 30.4. The molecule has 1 aromatic rings. The molecule has 1 unspecified atom stereocenters. The molecule has 0 saturated carbocycles. The predicted molar refractivity (Wildman–Crippen MR) is 275 cm³/mol. The lowest BCUT2D eigenvalue weighted by Gasteiger charge is -2.39. The Bertz CT molecular complexity index is 2070. The molecule has 406 valence electrons. The van der Waals surface area contributed by atoms with E-state index in [9.17, 15) is 38.7 Å². The number of rotatable bonds is 28. The summed E-state index contributed by atoms with van der Waals surface area (Å²) in [7, 11) is 0. The molecule has 3 fully saturated rings. The molecule has 1 aromatic carbocycles. The molecule has 3 aliphatic rings. The Morgan fingerprint density at radius 3 is 2.32 bits per heavy atom. The number of epoxide rings is 1.